The van der Waals surface area contributed by atoms with Crippen molar-refractivity contribution >= 4 is 40.2 Å². The maximum Gasteiger partial charge on any atom is 0.336 e. The fraction of sp³-hybridized carbons (Fsp3) is 0.143. The maximum absolute atomic E-state index is 11.7. The van der Waals surface area contributed by atoms with Crippen LogP contribution in [0.3, 0.4) is 0 Å². The molecule has 0 radical (unpaired) electrons. The SMILES string of the molecule is COc1ccccc1Nc1nc(N)nc(COc2cc3oc(=O)cc(C)c3cc2Cl)n1. The second-order valence-electron chi connectivity index (χ2n) is 6.57. The zero-order valence-corrected chi connectivity index (χ0v) is 17.4. The summed E-state index contributed by atoms with van der Waals surface area (Å²) in [7, 11) is 1.57. The zero-order valence-electron chi connectivity index (χ0n) is 16.7. The molecule has 2 heterocycles. The van der Waals surface area contributed by atoms with Crippen molar-refractivity contribution in [1.82, 2.24) is 15.0 Å². The van der Waals surface area contributed by atoms with Crippen molar-refractivity contribution in [2.45, 2.75) is 13.5 Å². The van der Waals surface area contributed by atoms with Crippen molar-refractivity contribution in [2.75, 3.05) is 18.2 Å². The molecule has 2 aromatic heterocycles. The van der Waals surface area contributed by atoms with Crippen molar-refractivity contribution in [3.8, 4) is 11.5 Å². The third kappa shape index (κ3) is 4.51. The Morgan fingerprint density at radius 2 is 1.94 bits per heavy atom. The number of nitrogens with two attached hydrogens (primary N) is 1. The molecule has 4 aromatic rings. The van der Waals surface area contributed by atoms with Crippen molar-refractivity contribution in [3.05, 3.63) is 69.3 Å². The standard InChI is InChI=1S/C21H18ClN5O4/c1-11-7-19(28)31-16-9-17(13(22)8-12(11)16)30-10-18-25-20(23)27-21(26-18)24-14-5-3-4-6-15(14)29-2/h3-9H,10H2,1-2H3,(H3,23,24,25,26,27). The Balaban J connectivity index is 1.58. The molecule has 0 fully saturated rings. The first-order chi connectivity index (χ1) is 14.9. The summed E-state index contributed by atoms with van der Waals surface area (Å²) in [6.45, 7) is 1.77. The van der Waals surface area contributed by atoms with Gasteiger partial charge in [-0.25, -0.2) is 4.79 Å². The Kier molecular flexibility index (Phi) is 5.59. The van der Waals surface area contributed by atoms with Gasteiger partial charge < -0.3 is 24.9 Å². The molecule has 0 saturated carbocycles. The molecule has 0 saturated heterocycles. The highest BCUT2D eigenvalue weighted by molar-refractivity contribution is 6.32. The van der Waals surface area contributed by atoms with Crippen molar-refractivity contribution in [3.63, 3.8) is 0 Å². The smallest absolute Gasteiger partial charge is 0.336 e. The van der Waals surface area contributed by atoms with E-state index in [1.165, 1.54) is 6.07 Å². The Morgan fingerprint density at radius 3 is 2.74 bits per heavy atom. The van der Waals surface area contributed by atoms with E-state index in [4.69, 9.17) is 31.2 Å². The predicted molar refractivity (Wildman–Crippen MR) is 117 cm³/mol. The zero-order chi connectivity index (χ0) is 22.0. The van der Waals surface area contributed by atoms with Gasteiger partial charge in [0.2, 0.25) is 11.9 Å². The van der Waals surface area contributed by atoms with Crippen LogP contribution in [-0.2, 0) is 6.61 Å². The number of halogens is 1. The third-order valence-electron chi connectivity index (χ3n) is 4.41. The van der Waals surface area contributed by atoms with Gasteiger partial charge in [-0.15, -0.1) is 0 Å². The number of methoxy groups -OCH3 is 1. The molecule has 0 unspecified atom stereocenters. The van der Waals surface area contributed by atoms with E-state index in [1.807, 2.05) is 18.2 Å². The molecule has 0 atom stereocenters. The molecule has 158 valence electrons. The quantitative estimate of drug-likeness (QED) is 0.430. The molecular weight excluding hydrogens is 422 g/mol. The van der Waals surface area contributed by atoms with Crippen LogP contribution < -0.4 is 26.1 Å². The molecule has 0 spiro atoms. The molecule has 0 aliphatic carbocycles. The number of fused-ring (bicyclic) bond motifs is 1. The Bertz CT molecular complexity index is 1330. The van der Waals surface area contributed by atoms with Gasteiger partial charge in [0.25, 0.3) is 0 Å². The Labute approximate surface area is 181 Å². The van der Waals surface area contributed by atoms with Crippen molar-refractivity contribution in [2.24, 2.45) is 0 Å². The normalized spacial score (nSPS) is 10.8. The predicted octanol–water partition coefficient (Wildman–Crippen LogP) is 3.85. The summed E-state index contributed by atoms with van der Waals surface area (Å²) >= 11 is 6.34. The molecule has 4 rings (SSSR count). The first-order valence-corrected chi connectivity index (χ1v) is 9.58. The average molecular weight is 440 g/mol. The van der Waals surface area contributed by atoms with E-state index < -0.39 is 5.63 Å². The summed E-state index contributed by atoms with van der Waals surface area (Å²) < 4.78 is 16.3. The summed E-state index contributed by atoms with van der Waals surface area (Å²) in [4.78, 5) is 24.2. The Morgan fingerprint density at radius 1 is 1.13 bits per heavy atom. The molecular formula is C21H18ClN5O4. The second-order valence-corrected chi connectivity index (χ2v) is 6.98. The lowest BCUT2D eigenvalue weighted by atomic mass is 10.1. The van der Waals surface area contributed by atoms with E-state index in [0.717, 1.165) is 10.9 Å². The monoisotopic (exact) mass is 439 g/mol. The number of anilines is 3. The average Bonchev–Trinajstić information content (AvgIpc) is 2.73. The summed E-state index contributed by atoms with van der Waals surface area (Å²) in [5.74, 6) is 1.49. The van der Waals surface area contributed by atoms with Crippen LogP contribution in [-0.4, -0.2) is 22.1 Å². The summed E-state index contributed by atoms with van der Waals surface area (Å²) in [5.41, 5.74) is 7.18. The minimum atomic E-state index is -0.449. The van der Waals surface area contributed by atoms with E-state index in [1.54, 1.807) is 32.2 Å². The minimum absolute atomic E-state index is 0.0252. The van der Waals surface area contributed by atoms with E-state index in [-0.39, 0.29) is 24.3 Å². The van der Waals surface area contributed by atoms with Gasteiger partial charge in [0.05, 0.1) is 17.8 Å². The maximum atomic E-state index is 11.7. The number of nitrogens with zero attached hydrogens (tertiary/aromatic N) is 3. The number of rotatable bonds is 6. The van der Waals surface area contributed by atoms with Gasteiger partial charge in [-0.1, -0.05) is 23.7 Å². The van der Waals surface area contributed by atoms with E-state index in [2.05, 4.69) is 20.3 Å². The summed E-state index contributed by atoms with van der Waals surface area (Å²) in [6, 6.07) is 12.0. The summed E-state index contributed by atoms with van der Waals surface area (Å²) in [5, 5.41) is 4.14. The van der Waals surface area contributed by atoms with Crippen LogP contribution in [0.25, 0.3) is 11.0 Å². The molecule has 0 aliphatic rings. The van der Waals surface area contributed by atoms with Crippen LogP contribution in [0.5, 0.6) is 11.5 Å². The first-order valence-electron chi connectivity index (χ1n) is 9.20. The highest BCUT2D eigenvalue weighted by Crippen LogP contribution is 2.31. The molecule has 2 aromatic carbocycles. The molecule has 31 heavy (non-hydrogen) atoms. The molecule has 0 amide bonds. The molecule has 10 heteroatoms. The number of para-hydroxylation sites is 2. The number of aryl methyl sites for hydroxylation is 1. The van der Waals surface area contributed by atoms with Crippen LogP contribution in [0, 0.1) is 6.92 Å². The Hall–Kier alpha value is -3.85. The number of nitrogens with one attached hydrogen (secondary N) is 1. The lowest BCUT2D eigenvalue weighted by Gasteiger charge is -2.12. The fourth-order valence-corrected chi connectivity index (χ4v) is 3.22. The summed E-state index contributed by atoms with van der Waals surface area (Å²) in [6.07, 6.45) is 0. The third-order valence-corrected chi connectivity index (χ3v) is 4.71. The van der Waals surface area contributed by atoms with Gasteiger partial charge in [0.15, 0.2) is 5.82 Å². The lowest BCUT2D eigenvalue weighted by molar-refractivity contribution is 0.296. The number of hydrogen-bond acceptors (Lipinski definition) is 9. The molecule has 0 bridgehead atoms. The highest BCUT2D eigenvalue weighted by Gasteiger charge is 2.12. The van der Waals surface area contributed by atoms with Gasteiger partial charge in [-0.05, 0) is 30.7 Å². The number of benzene rings is 2. The lowest BCUT2D eigenvalue weighted by Crippen LogP contribution is -2.10. The fourth-order valence-electron chi connectivity index (χ4n) is 3.00. The van der Waals surface area contributed by atoms with Crippen LogP contribution in [0.2, 0.25) is 5.02 Å². The second kappa shape index (κ2) is 8.49. The van der Waals surface area contributed by atoms with Crippen LogP contribution in [0.4, 0.5) is 17.6 Å². The van der Waals surface area contributed by atoms with E-state index >= 15 is 0 Å². The van der Waals surface area contributed by atoms with E-state index in [9.17, 15) is 4.79 Å². The molecule has 3 N–H and O–H groups in total. The highest BCUT2D eigenvalue weighted by atomic mass is 35.5. The van der Waals surface area contributed by atoms with Gasteiger partial charge in [0, 0.05) is 17.5 Å². The topological polar surface area (TPSA) is 125 Å². The van der Waals surface area contributed by atoms with Gasteiger partial charge in [0.1, 0.15) is 23.7 Å². The minimum Gasteiger partial charge on any atom is -0.495 e. The van der Waals surface area contributed by atoms with Gasteiger partial charge in [-0.2, -0.15) is 15.0 Å². The van der Waals surface area contributed by atoms with Crippen molar-refractivity contribution < 1.29 is 13.9 Å². The van der Waals surface area contributed by atoms with Crippen LogP contribution in [0.1, 0.15) is 11.4 Å². The number of hydrogen-bond donors (Lipinski definition) is 2. The largest absolute Gasteiger partial charge is 0.495 e. The number of aromatic nitrogens is 3. The first kappa shape index (κ1) is 20.4. The molecule has 0 aliphatic heterocycles. The van der Waals surface area contributed by atoms with Crippen LogP contribution >= 0.6 is 11.6 Å². The number of nitrogen functional groups attached to an aromatic ring is 1. The van der Waals surface area contributed by atoms with E-state index in [0.29, 0.717) is 27.8 Å². The van der Waals surface area contributed by atoms with Gasteiger partial charge >= 0.3 is 5.63 Å². The van der Waals surface area contributed by atoms with Crippen molar-refractivity contribution in [1.29, 1.82) is 0 Å². The number of ether oxygens (including phenoxy) is 2. The van der Waals surface area contributed by atoms with Gasteiger partial charge in [-0.3, -0.25) is 0 Å². The molecule has 9 nitrogen and oxygen atoms in total. The van der Waals surface area contributed by atoms with Crippen LogP contribution in [0.15, 0.2) is 51.7 Å².